The van der Waals surface area contributed by atoms with Crippen LogP contribution in [0.2, 0.25) is 0 Å². The lowest BCUT2D eigenvalue weighted by Crippen LogP contribution is -2.35. The van der Waals surface area contributed by atoms with Gasteiger partial charge in [0.2, 0.25) is 0 Å². The summed E-state index contributed by atoms with van der Waals surface area (Å²) in [4.78, 5) is 4.95. The summed E-state index contributed by atoms with van der Waals surface area (Å²) in [6, 6.07) is 10.4. The van der Waals surface area contributed by atoms with Gasteiger partial charge in [-0.2, -0.15) is 0 Å². The minimum absolute atomic E-state index is 0.0753. The highest BCUT2D eigenvalue weighted by Crippen LogP contribution is 2.46. The number of aliphatic hydroxyl groups excluding tert-OH is 1. The Morgan fingerprint density at radius 3 is 2.64 bits per heavy atom. The number of allylic oxidation sites excluding steroid dienone is 4. The van der Waals surface area contributed by atoms with E-state index in [1.54, 1.807) is 13.0 Å². The summed E-state index contributed by atoms with van der Waals surface area (Å²) >= 11 is 0. The second-order valence-corrected chi connectivity index (χ2v) is 7.01. The Morgan fingerprint density at radius 2 is 1.96 bits per heavy atom. The first-order valence-corrected chi connectivity index (χ1v) is 9.11. The van der Waals surface area contributed by atoms with Gasteiger partial charge in [-0.3, -0.25) is 0 Å². The zero-order chi connectivity index (χ0) is 17.7. The van der Waals surface area contributed by atoms with Gasteiger partial charge in [-0.1, -0.05) is 68.3 Å². The van der Waals surface area contributed by atoms with Crippen LogP contribution in [0.1, 0.15) is 50.6 Å². The molecular formula is C22H27NO2. The molecule has 3 nitrogen and oxygen atoms in total. The van der Waals surface area contributed by atoms with E-state index in [2.05, 4.69) is 18.7 Å². The van der Waals surface area contributed by atoms with Gasteiger partial charge in [0.1, 0.15) is 12.6 Å². The predicted octanol–water partition coefficient (Wildman–Crippen LogP) is 5.68. The molecule has 1 fully saturated rings. The number of benzene rings is 1. The maximum Gasteiger partial charge on any atom is 0.194 e. The van der Waals surface area contributed by atoms with E-state index in [0.717, 1.165) is 24.3 Å². The Morgan fingerprint density at radius 1 is 1.24 bits per heavy atom. The predicted molar refractivity (Wildman–Crippen MR) is 103 cm³/mol. The third-order valence-electron chi connectivity index (χ3n) is 5.20. The van der Waals surface area contributed by atoms with Gasteiger partial charge >= 0.3 is 0 Å². The summed E-state index contributed by atoms with van der Waals surface area (Å²) in [5, 5.41) is 9.34. The van der Waals surface area contributed by atoms with Crippen LogP contribution in [0.25, 0.3) is 0 Å². The van der Waals surface area contributed by atoms with Crippen LogP contribution in [0.3, 0.4) is 0 Å². The summed E-state index contributed by atoms with van der Waals surface area (Å²) < 4.78 is 6.10. The molecule has 1 atom stereocenters. The number of hydrogen-bond acceptors (Lipinski definition) is 3. The first-order valence-electron chi connectivity index (χ1n) is 9.11. The van der Waals surface area contributed by atoms with Crippen LogP contribution in [-0.4, -0.2) is 17.6 Å². The number of aliphatic hydroxyl groups is 1. The molecule has 0 radical (unpaired) electrons. The van der Waals surface area contributed by atoms with Gasteiger partial charge in [0.05, 0.1) is 11.2 Å². The molecule has 1 aliphatic heterocycles. The van der Waals surface area contributed by atoms with Crippen molar-refractivity contribution in [1.29, 1.82) is 0 Å². The van der Waals surface area contributed by atoms with Crippen LogP contribution in [-0.2, 0) is 4.74 Å². The topological polar surface area (TPSA) is 41.8 Å². The van der Waals surface area contributed by atoms with E-state index >= 15 is 0 Å². The Labute approximate surface area is 150 Å². The highest BCUT2D eigenvalue weighted by molar-refractivity contribution is 5.88. The fourth-order valence-corrected chi connectivity index (χ4v) is 3.77. The molecule has 1 aromatic rings. The third-order valence-corrected chi connectivity index (χ3v) is 5.20. The lowest BCUT2D eigenvalue weighted by Gasteiger charge is -2.37. The summed E-state index contributed by atoms with van der Waals surface area (Å²) in [5.74, 6) is 1.14. The Hall–Kier alpha value is -2.29. The van der Waals surface area contributed by atoms with Crippen molar-refractivity contribution in [3.05, 3.63) is 72.0 Å². The molecule has 1 N–H and O–H groups in total. The molecule has 1 aliphatic carbocycles. The summed E-state index contributed by atoms with van der Waals surface area (Å²) in [5.41, 5.74) is 2.02. The van der Waals surface area contributed by atoms with Crippen molar-refractivity contribution in [1.82, 2.24) is 0 Å². The van der Waals surface area contributed by atoms with E-state index in [4.69, 9.17) is 9.73 Å². The Bertz CT molecular complexity index is 690. The van der Waals surface area contributed by atoms with Gasteiger partial charge in [0.25, 0.3) is 0 Å². The van der Waals surface area contributed by atoms with Crippen LogP contribution < -0.4 is 0 Å². The quantitative estimate of drug-likeness (QED) is 0.554. The van der Waals surface area contributed by atoms with Crippen LogP contribution in [0.4, 0.5) is 0 Å². The van der Waals surface area contributed by atoms with Gasteiger partial charge in [0, 0.05) is 0 Å². The molecule has 0 spiro atoms. The first kappa shape index (κ1) is 17.5. The molecule has 0 bridgehead atoms. The summed E-state index contributed by atoms with van der Waals surface area (Å²) in [7, 11) is 0. The van der Waals surface area contributed by atoms with E-state index in [9.17, 15) is 5.11 Å². The van der Waals surface area contributed by atoms with Gasteiger partial charge in [-0.15, -0.1) is 0 Å². The molecule has 0 amide bonds. The minimum Gasteiger partial charge on any atom is -0.513 e. The first-order chi connectivity index (χ1) is 12.1. The van der Waals surface area contributed by atoms with Crippen molar-refractivity contribution in [2.45, 2.75) is 45.1 Å². The van der Waals surface area contributed by atoms with E-state index < -0.39 is 0 Å². The molecule has 0 aromatic heterocycles. The lowest BCUT2D eigenvalue weighted by atomic mass is 9.69. The average Bonchev–Trinajstić information content (AvgIpc) is 3.13. The number of rotatable bonds is 5. The molecule has 1 saturated carbocycles. The van der Waals surface area contributed by atoms with Crippen LogP contribution >= 0.6 is 0 Å². The SMILES string of the molecule is C=C(/C=C\C=C(/C)O)C1(C2=N[C@@H](c3ccccc3)CO2)CCCCC1. The highest BCUT2D eigenvalue weighted by Gasteiger charge is 2.43. The maximum atomic E-state index is 9.34. The fraction of sp³-hybridized carbons (Fsp3) is 0.409. The zero-order valence-electron chi connectivity index (χ0n) is 14.9. The largest absolute Gasteiger partial charge is 0.513 e. The third kappa shape index (κ3) is 3.87. The van der Waals surface area contributed by atoms with E-state index in [0.29, 0.717) is 12.4 Å². The standard InChI is InChI=1S/C22H27NO2/c1-17(10-9-11-18(2)24)22(14-7-4-8-15-22)21-23-20(16-25-21)19-12-5-3-6-13-19/h3,5-6,9-13,20,24H,1,4,7-8,14-16H2,2H3/b10-9-,18-11+/t20-/m1/s1. The highest BCUT2D eigenvalue weighted by atomic mass is 16.5. The van der Waals surface area contributed by atoms with Crippen molar-refractivity contribution in [3.8, 4) is 0 Å². The summed E-state index contributed by atoms with van der Waals surface area (Å²) in [6.07, 6.45) is 11.2. The van der Waals surface area contributed by atoms with Gasteiger partial charge in [0.15, 0.2) is 5.90 Å². The molecule has 1 heterocycles. The number of ether oxygens (including phenoxy) is 1. The molecule has 3 rings (SSSR count). The van der Waals surface area contributed by atoms with Crippen molar-refractivity contribution >= 4 is 5.90 Å². The van der Waals surface area contributed by atoms with Gasteiger partial charge in [-0.25, -0.2) is 4.99 Å². The molecule has 3 heteroatoms. The summed E-state index contributed by atoms with van der Waals surface area (Å²) in [6.45, 7) is 6.60. The minimum atomic E-state index is -0.199. The van der Waals surface area contributed by atoms with Gasteiger partial charge < -0.3 is 9.84 Å². The van der Waals surface area contributed by atoms with Crippen LogP contribution in [0.15, 0.2) is 71.5 Å². The molecule has 132 valence electrons. The normalized spacial score (nSPS) is 23.3. The Balaban J connectivity index is 1.87. The molecule has 25 heavy (non-hydrogen) atoms. The molecular weight excluding hydrogens is 310 g/mol. The maximum absolute atomic E-state index is 9.34. The van der Waals surface area contributed by atoms with E-state index in [1.165, 1.54) is 24.8 Å². The van der Waals surface area contributed by atoms with Crippen molar-refractivity contribution in [3.63, 3.8) is 0 Å². The van der Waals surface area contributed by atoms with Gasteiger partial charge in [-0.05, 0) is 37.0 Å². The molecule has 0 saturated heterocycles. The number of hydrogen-bond donors (Lipinski definition) is 1. The molecule has 2 aliphatic rings. The average molecular weight is 337 g/mol. The molecule has 0 unspecified atom stereocenters. The smallest absolute Gasteiger partial charge is 0.194 e. The second kappa shape index (κ2) is 7.73. The fourth-order valence-electron chi connectivity index (χ4n) is 3.77. The van der Waals surface area contributed by atoms with Crippen molar-refractivity contribution < 1.29 is 9.84 Å². The molecule has 1 aromatic carbocycles. The van der Waals surface area contributed by atoms with E-state index in [1.807, 2.05) is 30.4 Å². The number of nitrogens with zero attached hydrogens (tertiary/aromatic N) is 1. The van der Waals surface area contributed by atoms with Crippen LogP contribution in [0, 0.1) is 5.41 Å². The van der Waals surface area contributed by atoms with Crippen LogP contribution in [0.5, 0.6) is 0 Å². The van der Waals surface area contributed by atoms with E-state index in [-0.39, 0.29) is 11.5 Å². The van der Waals surface area contributed by atoms with Crippen molar-refractivity contribution in [2.75, 3.05) is 6.61 Å². The zero-order valence-corrected chi connectivity index (χ0v) is 14.9. The monoisotopic (exact) mass is 337 g/mol. The number of aliphatic imine (C=N–C) groups is 1. The second-order valence-electron chi connectivity index (χ2n) is 7.01. The Kier molecular flexibility index (Phi) is 5.42. The lowest BCUT2D eigenvalue weighted by molar-refractivity contribution is 0.242. The van der Waals surface area contributed by atoms with Crippen molar-refractivity contribution in [2.24, 2.45) is 10.4 Å².